The molecule has 2 aromatic carbocycles. The van der Waals surface area contributed by atoms with Gasteiger partial charge < -0.3 is 15.3 Å². The van der Waals surface area contributed by atoms with Crippen LogP contribution in [0.15, 0.2) is 61.2 Å². The zero-order chi connectivity index (χ0) is 20.1. The molecule has 0 saturated carbocycles. The first kappa shape index (κ1) is 19.8. The van der Waals surface area contributed by atoms with E-state index in [1.165, 1.54) is 11.6 Å². The summed E-state index contributed by atoms with van der Waals surface area (Å²) in [6.07, 6.45) is 2.87. The number of aliphatic hydroxyl groups is 1. The lowest BCUT2D eigenvalue weighted by atomic mass is 9.85. The van der Waals surface area contributed by atoms with Gasteiger partial charge in [0, 0.05) is 30.8 Å². The molecule has 1 fully saturated rings. The van der Waals surface area contributed by atoms with Crippen molar-refractivity contribution in [3.05, 3.63) is 77.9 Å². The summed E-state index contributed by atoms with van der Waals surface area (Å²) < 4.78 is 0. The van der Waals surface area contributed by atoms with Crippen molar-refractivity contribution in [1.29, 1.82) is 0 Å². The van der Waals surface area contributed by atoms with Gasteiger partial charge in [-0.3, -0.25) is 9.59 Å². The van der Waals surface area contributed by atoms with E-state index in [0.717, 1.165) is 5.56 Å². The topological polar surface area (TPSA) is 69.6 Å². The molecule has 146 valence electrons. The number of hydrogen-bond donors (Lipinski definition) is 2. The highest BCUT2D eigenvalue weighted by Crippen LogP contribution is 2.28. The summed E-state index contributed by atoms with van der Waals surface area (Å²) in [6, 6.07) is 15.0. The van der Waals surface area contributed by atoms with Gasteiger partial charge in [0.15, 0.2) is 0 Å². The summed E-state index contributed by atoms with van der Waals surface area (Å²) in [7, 11) is 0. The highest BCUT2D eigenvalue weighted by molar-refractivity contribution is 6.00. The van der Waals surface area contributed by atoms with E-state index in [4.69, 9.17) is 0 Å². The average Bonchev–Trinajstić information content (AvgIpc) is 2.68. The molecular formula is C23H26N2O3. The quantitative estimate of drug-likeness (QED) is 0.784. The Morgan fingerprint density at radius 3 is 2.57 bits per heavy atom. The monoisotopic (exact) mass is 378 g/mol. The molecule has 0 aliphatic carbocycles. The Morgan fingerprint density at radius 1 is 1.18 bits per heavy atom. The molecule has 1 aliphatic heterocycles. The number of likely N-dealkylation sites (tertiary alicyclic amines) is 1. The van der Waals surface area contributed by atoms with Crippen LogP contribution in [0, 0.1) is 6.92 Å². The number of rotatable bonds is 5. The third-order valence-corrected chi connectivity index (χ3v) is 5.16. The van der Waals surface area contributed by atoms with Crippen LogP contribution in [0.25, 0.3) is 0 Å². The zero-order valence-corrected chi connectivity index (χ0v) is 16.1. The number of anilines is 1. The van der Waals surface area contributed by atoms with Crippen LogP contribution in [0.4, 0.5) is 5.69 Å². The molecule has 5 nitrogen and oxygen atoms in total. The van der Waals surface area contributed by atoms with E-state index in [1.807, 2.05) is 25.1 Å². The number of hydrogen-bond acceptors (Lipinski definition) is 3. The Morgan fingerprint density at radius 2 is 1.89 bits per heavy atom. The minimum absolute atomic E-state index is 0.0905. The molecule has 0 unspecified atom stereocenters. The fraction of sp³-hybridized carbons (Fsp3) is 0.304. The molecule has 3 rings (SSSR count). The van der Waals surface area contributed by atoms with Crippen LogP contribution < -0.4 is 5.32 Å². The maximum absolute atomic E-state index is 12.8. The van der Waals surface area contributed by atoms with Crippen molar-refractivity contribution in [3.63, 3.8) is 0 Å². The lowest BCUT2D eigenvalue weighted by Crippen LogP contribution is -2.47. The minimum atomic E-state index is -0.787. The number of carbonyl (C=O) groups is 2. The first-order chi connectivity index (χ1) is 13.4. The molecule has 0 radical (unpaired) electrons. The van der Waals surface area contributed by atoms with Gasteiger partial charge in [-0.15, -0.1) is 0 Å². The molecule has 28 heavy (non-hydrogen) atoms. The summed E-state index contributed by atoms with van der Waals surface area (Å²) >= 11 is 0. The van der Waals surface area contributed by atoms with Crippen molar-refractivity contribution < 1.29 is 14.7 Å². The fourth-order valence-corrected chi connectivity index (χ4v) is 3.61. The molecule has 2 aromatic rings. The molecule has 0 atom stereocenters. The van der Waals surface area contributed by atoms with Gasteiger partial charge in [-0.2, -0.15) is 0 Å². The maximum atomic E-state index is 12.8. The van der Waals surface area contributed by atoms with Crippen molar-refractivity contribution in [2.45, 2.75) is 31.8 Å². The molecule has 2 N–H and O–H groups in total. The van der Waals surface area contributed by atoms with Gasteiger partial charge in [0.25, 0.3) is 5.91 Å². The van der Waals surface area contributed by atoms with Gasteiger partial charge >= 0.3 is 0 Å². The molecule has 1 aliphatic rings. The highest BCUT2D eigenvalue weighted by atomic mass is 16.3. The van der Waals surface area contributed by atoms with E-state index in [9.17, 15) is 14.7 Å². The van der Waals surface area contributed by atoms with E-state index in [-0.39, 0.29) is 11.8 Å². The van der Waals surface area contributed by atoms with Crippen LogP contribution in [0.1, 0.15) is 34.3 Å². The smallest absolute Gasteiger partial charge is 0.253 e. The summed E-state index contributed by atoms with van der Waals surface area (Å²) in [5, 5.41) is 13.6. The molecule has 5 heteroatoms. The molecule has 1 heterocycles. The van der Waals surface area contributed by atoms with Crippen molar-refractivity contribution in [3.8, 4) is 0 Å². The predicted octanol–water partition coefficient (Wildman–Crippen LogP) is 3.33. The van der Waals surface area contributed by atoms with Crippen molar-refractivity contribution in [1.82, 2.24) is 4.90 Å². The lowest BCUT2D eigenvalue weighted by molar-refractivity contribution is -0.111. The second kappa shape index (κ2) is 8.40. The molecule has 2 amide bonds. The SMILES string of the molecule is C=CC(=O)Nc1cccc(C(=O)N2CCC(O)(Cc3cccc(C)c3)CC2)c1. The van der Waals surface area contributed by atoms with Crippen molar-refractivity contribution in [2.24, 2.45) is 0 Å². The van der Waals surface area contributed by atoms with Crippen molar-refractivity contribution in [2.75, 3.05) is 18.4 Å². The van der Waals surface area contributed by atoms with Crippen LogP contribution in [-0.4, -0.2) is 40.5 Å². The van der Waals surface area contributed by atoms with Crippen LogP contribution in [0.5, 0.6) is 0 Å². The number of piperidine rings is 1. The van der Waals surface area contributed by atoms with E-state index in [1.54, 1.807) is 29.2 Å². The van der Waals surface area contributed by atoms with Crippen LogP contribution in [0.3, 0.4) is 0 Å². The van der Waals surface area contributed by atoms with Gasteiger partial charge in [0.1, 0.15) is 0 Å². The number of amides is 2. The summed E-state index contributed by atoms with van der Waals surface area (Å²) in [5.41, 5.74) is 2.59. The van der Waals surface area contributed by atoms with E-state index < -0.39 is 5.60 Å². The van der Waals surface area contributed by atoms with Gasteiger partial charge in [-0.1, -0.05) is 42.5 Å². The standard InChI is InChI=1S/C23H26N2O3/c1-3-21(26)24-20-9-5-8-19(15-20)22(27)25-12-10-23(28,11-13-25)16-18-7-4-6-17(2)14-18/h3-9,14-15,28H,1,10-13,16H2,2H3,(H,24,26). The fourth-order valence-electron chi connectivity index (χ4n) is 3.61. The molecule has 1 saturated heterocycles. The first-order valence-electron chi connectivity index (χ1n) is 9.49. The maximum Gasteiger partial charge on any atom is 0.253 e. The normalized spacial score (nSPS) is 15.7. The molecule has 0 bridgehead atoms. The van der Waals surface area contributed by atoms with Gasteiger partial charge in [-0.05, 0) is 49.6 Å². The van der Waals surface area contributed by atoms with Crippen LogP contribution in [0.2, 0.25) is 0 Å². The highest BCUT2D eigenvalue weighted by Gasteiger charge is 2.34. The van der Waals surface area contributed by atoms with Gasteiger partial charge in [0.05, 0.1) is 5.60 Å². The van der Waals surface area contributed by atoms with Crippen molar-refractivity contribution >= 4 is 17.5 Å². The number of nitrogens with zero attached hydrogens (tertiary/aromatic N) is 1. The van der Waals surface area contributed by atoms with E-state index in [0.29, 0.717) is 43.6 Å². The lowest BCUT2D eigenvalue weighted by Gasteiger charge is -2.38. The number of aryl methyl sites for hydroxylation is 1. The summed E-state index contributed by atoms with van der Waals surface area (Å²) in [4.78, 5) is 26.1. The predicted molar refractivity (Wildman–Crippen MR) is 110 cm³/mol. The molecule has 0 spiro atoms. The Labute approximate surface area is 165 Å². The zero-order valence-electron chi connectivity index (χ0n) is 16.1. The second-order valence-electron chi connectivity index (χ2n) is 7.46. The Balaban J connectivity index is 1.62. The molecule has 0 aromatic heterocycles. The summed E-state index contributed by atoms with van der Waals surface area (Å²) in [5.74, 6) is -0.406. The van der Waals surface area contributed by atoms with E-state index in [2.05, 4.69) is 18.0 Å². The minimum Gasteiger partial charge on any atom is -0.389 e. The van der Waals surface area contributed by atoms with Gasteiger partial charge in [-0.25, -0.2) is 0 Å². The number of carbonyl (C=O) groups excluding carboxylic acids is 2. The van der Waals surface area contributed by atoms with Gasteiger partial charge in [0.2, 0.25) is 5.91 Å². The third-order valence-electron chi connectivity index (χ3n) is 5.16. The average molecular weight is 378 g/mol. The first-order valence-corrected chi connectivity index (χ1v) is 9.49. The Bertz CT molecular complexity index is 883. The second-order valence-corrected chi connectivity index (χ2v) is 7.46. The Kier molecular flexibility index (Phi) is 5.95. The third kappa shape index (κ3) is 4.87. The van der Waals surface area contributed by atoms with Crippen LogP contribution in [-0.2, 0) is 11.2 Å². The number of nitrogens with one attached hydrogen (secondary N) is 1. The molecular weight excluding hydrogens is 352 g/mol. The van der Waals surface area contributed by atoms with E-state index >= 15 is 0 Å². The largest absolute Gasteiger partial charge is 0.389 e. The summed E-state index contributed by atoms with van der Waals surface area (Å²) in [6.45, 7) is 6.48. The number of benzene rings is 2. The Hall–Kier alpha value is -2.92. The van der Waals surface area contributed by atoms with Crippen LogP contribution >= 0.6 is 0 Å².